The van der Waals surface area contributed by atoms with Crippen LogP contribution in [0.2, 0.25) is 0 Å². The van der Waals surface area contributed by atoms with Crippen LogP contribution in [0, 0.1) is 6.92 Å². The first-order valence-electron chi connectivity index (χ1n) is 9.01. The third kappa shape index (κ3) is 2.97. The molecule has 0 bridgehead atoms. The fourth-order valence-corrected chi connectivity index (χ4v) is 3.74. The lowest BCUT2D eigenvalue weighted by Gasteiger charge is -2.23. The van der Waals surface area contributed by atoms with Crippen molar-refractivity contribution >= 4 is 27.6 Å². The summed E-state index contributed by atoms with van der Waals surface area (Å²) in [6.07, 6.45) is 1.93. The minimum Gasteiger partial charge on any atom is -0.450 e. The number of fused-ring (bicyclic) bond motifs is 3. The normalized spacial score (nSPS) is 18.5. The van der Waals surface area contributed by atoms with E-state index >= 15 is 0 Å². The van der Waals surface area contributed by atoms with Crippen LogP contribution in [0.4, 0.5) is 0 Å². The number of carbonyl (C=O) groups excluding carboxylic acids is 1. The summed E-state index contributed by atoms with van der Waals surface area (Å²) in [5.41, 5.74) is 1.61. The number of carbonyl (C=O) groups is 1. The van der Waals surface area contributed by atoms with Crippen LogP contribution in [0.3, 0.4) is 0 Å². The van der Waals surface area contributed by atoms with E-state index in [9.17, 15) is 4.79 Å². The summed E-state index contributed by atoms with van der Waals surface area (Å²) in [6.45, 7) is 3.07. The number of amides is 1. The Morgan fingerprint density at radius 3 is 2.88 bits per heavy atom. The van der Waals surface area contributed by atoms with E-state index < -0.39 is 0 Å². The molecule has 0 radical (unpaired) electrons. The van der Waals surface area contributed by atoms with Crippen LogP contribution in [0.25, 0.3) is 21.7 Å². The minimum absolute atomic E-state index is 0.00980. The molecule has 5 nitrogen and oxygen atoms in total. The second-order valence-corrected chi connectivity index (χ2v) is 6.81. The Bertz CT molecular complexity index is 940. The molecular formula is C21H23NO4. The first kappa shape index (κ1) is 17.1. The molecule has 1 aliphatic heterocycles. The van der Waals surface area contributed by atoms with E-state index in [4.69, 9.17) is 13.9 Å². The van der Waals surface area contributed by atoms with Gasteiger partial charge in [-0.15, -0.1) is 0 Å². The zero-order valence-corrected chi connectivity index (χ0v) is 15.1. The van der Waals surface area contributed by atoms with Crippen LogP contribution >= 0.6 is 0 Å². The third-order valence-electron chi connectivity index (χ3n) is 5.11. The Morgan fingerprint density at radius 2 is 2.12 bits per heavy atom. The Balaban J connectivity index is 1.67. The number of nitrogens with one attached hydrogen (secondary N) is 1. The molecule has 1 fully saturated rings. The van der Waals surface area contributed by atoms with Crippen LogP contribution in [-0.2, 0) is 9.47 Å². The first-order valence-corrected chi connectivity index (χ1v) is 9.01. The van der Waals surface area contributed by atoms with Crippen LogP contribution in [0.1, 0.15) is 29.0 Å². The highest BCUT2D eigenvalue weighted by Crippen LogP contribution is 2.31. The summed E-state index contributed by atoms with van der Waals surface area (Å²) < 4.78 is 17.0. The topological polar surface area (TPSA) is 60.7 Å². The Labute approximate surface area is 152 Å². The number of furan rings is 1. The van der Waals surface area contributed by atoms with Crippen molar-refractivity contribution in [2.45, 2.75) is 31.9 Å². The fraction of sp³-hybridized carbons (Fsp3) is 0.381. The Hall–Kier alpha value is -2.37. The highest BCUT2D eigenvalue weighted by atomic mass is 16.5. The predicted molar refractivity (Wildman–Crippen MR) is 101 cm³/mol. The predicted octanol–water partition coefficient (Wildman–Crippen LogP) is 3.82. The third-order valence-corrected chi connectivity index (χ3v) is 5.11. The van der Waals surface area contributed by atoms with Crippen LogP contribution in [0.15, 0.2) is 40.8 Å². The van der Waals surface area contributed by atoms with Gasteiger partial charge in [0.2, 0.25) is 0 Å². The monoisotopic (exact) mass is 353 g/mol. The zero-order valence-electron chi connectivity index (χ0n) is 15.1. The van der Waals surface area contributed by atoms with Gasteiger partial charge < -0.3 is 19.2 Å². The smallest absolute Gasteiger partial charge is 0.287 e. The van der Waals surface area contributed by atoms with Crippen LogP contribution < -0.4 is 5.32 Å². The van der Waals surface area contributed by atoms with Crippen molar-refractivity contribution in [3.8, 4) is 0 Å². The summed E-state index contributed by atoms with van der Waals surface area (Å²) >= 11 is 0. The van der Waals surface area contributed by atoms with Gasteiger partial charge in [-0.3, -0.25) is 4.79 Å². The molecule has 1 saturated heterocycles. The summed E-state index contributed by atoms with van der Waals surface area (Å²) in [5, 5.41) is 6.12. The molecule has 1 aromatic heterocycles. The maximum absolute atomic E-state index is 12.9. The standard InChI is InChI=1S/C21H23NO4/c1-13-15-10-9-14-6-3-4-7-16(14)20(15)26-19(13)21(23)22-17(12-24-2)18-8-5-11-25-18/h3-4,6-7,9-10,17-18H,5,8,11-12H2,1-2H3,(H,22,23)/t17-,18+/m0/s1. The molecule has 1 aliphatic rings. The lowest BCUT2D eigenvalue weighted by Crippen LogP contribution is -2.46. The summed E-state index contributed by atoms with van der Waals surface area (Å²) in [5.74, 6) is 0.135. The van der Waals surface area contributed by atoms with Gasteiger partial charge in [-0.2, -0.15) is 0 Å². The highest BCUT2D eigenvalue weighted by Gasteiger charge is 2.29. The van der Waals surface area contributed by atoms with E-state index in [1.54, 1.807) is 7.11 Å². The molecule has 3 aromatic rings. The second kappa shape index (κ2) is 7.09. The molecule has 4 rings (SSSR count). The number of methoxy groups -OCH3 is 1. The summed E-state index contributed by atoms with van der Waals surface area (Å²) in [6, 6.07) is 11.9. The van der Waals surface area contributed by atoms with Crippen molar-refractivity contribution < 1.29 is 18.7 Å². The number of rotatable bonds is 5. The minimum atomic E-state index is -0.222. The lowest BCUT2D eigenvalue weighted by atomic mass is 10.1. The number of hydrogen-bond acceptors (Lipinski definition) is 4. The molecule has 1 amide bonds. The average molecular weight is 353 g/mol. The second-order valence-electron chi connectivity index (χ2n) is 6.81. The molecule has 5 heteroatoms. The van der Waals surface area contributed by atoms with Crippen molar-refractivity contribution in [2.75, 3.05) is 20.3 Å². The van der Waals surface area contributed by atoms with Crippen molar-refractivity contribution in [3.05, 3.63) is 47.7 Å². The molecule has 2 aromatic carbocycles. The Kier molecular flexibility index (Phi) is 4.66. The molecule has 0 spiro atoms. The first-order chi connectivity index (χ1) is 12.7. The molecule has 2 atom stereocenters. The molecule has 0 aliphatic carbocycles. The summed E-state index contributed by atoms with van der Waals surface area (Å²) in [4.78, 5) is 12.9. The fourth-order valence-electron chi connectivity index (χ4n) is 3.74. The number of hydrogen-bond donors (Lipinski definition) is 1. The van der Waals surface area contributed by atoms with Gasteiger partial charge >= 0.3 is 0 Å². The van der Waals surface area contributed by atoms with Crippen LogP contribution in [-0.4, -0.2) is 38.4 Å². The van der Waals surface area contributed by atoms with E-state index in [-0.39, 0.29) is 18.1 Å². The van der Waals surface area contributed by atoms with E-state index in [0.717, 1.165) is 46.8 Å². The van der Waals surface area contributed by atoms with Gasteiger partial charge in [-0.25, -0.2) is 0 Å². The van der Waals surface area contributed by atoms with Crippen molar-refractivity contribution in [2.24, 2.45) is 0 Å². The number of aryl methyl sites for hydroxylation is 1. The SMILES string of the molecule is COC[C@H](NC(=O)c1oc2c(ccc3ccccc32)c1C)[C@H]1CCCO1. The van der Waals surface area contributed by atoms with Gasteiger partial charge in [-0.05, 0) is 25.2 Å². The van der Waals surface area contributed by atoms with Crippen molar-refractivity contribution in [1.29, 1.82) is 0 Å². The van der Waals surface area contributed by atoms with E-state index in [2.05, 4.69) is 11.4 Å². The van der Waals surface area contributed by atoms with E-state index in [0.29, 0.717) is 12.4 Å². The van der Waals surface area contributed by atoms with Gasteiger partial charge in [-0.1, -0.05) is 36.4 Å². The maximum Gasteiger partial charge on any atom is 0.287 e. The van der Waals surface area contributed by atoms with Gasteiger partial charge in [0.15, 0.2) is 5.76 Å². The molecule has 26 heavy (non-hydrogen) atoms. The molecule has 136 valence electrons. The number of benzene rings is 2. The van der Waals surface area contributed by atoms with E-state index in [1.807, 2.05) is 37.3 Å². The summed E-state index contributed by atoms with van der Waals surface area (Å²) in [7, 11) is 1.63. The zero-order chi connectivity index (χ0) is 18.1. The lowest BCUT2D eigenvalue weighted by molar-refractivity contribution is 0.0396. The average Bonchev–Trinajstić information content (AvgIpc) is 3.30. The van der Waals surface area contributed by atoms with Gasteiger partial charge in [0, 0.05) is 30.1 Å². The Morgan fingerprint density at radius 1 is 1.27 bits per heavy atom. The largest absolute Gasteiger partial charge is 0.450 e. The van der Waals surface area contributed by atoms with Gasteiger partial charge in [0.25, 0.3) is 5.91 Å². The van der Waals surface area contributed by atoms with E-state index in [1.165, 1.54) is 0 Å². The maximum atomic E-state index is 12.9. The molecule has 1 N–H and O–H groups in total. The molecular weight excluding hydrogens is 330 g/mol. The van der Waals surface area contributed by atoms with Crippen LogP contribution in [0.5, 0.6) is 0 Å². The van der Waals surface area contributed by atoms with Gasteiger partial charge in [0.05, 0.1) is 18.8 Å². The number of ether oxygens (including phenoxy) is 2. The van der Waals surface area contributed by atoms with Crippen molar-refractivity contribution in [3.63, 3.8) is 0 Å². The molecule has 2 heterocycles. The highest BCUT2D eigenvalue weighted by molar-refractivity contribution is 6.08. The molecule has 0 unspecified atom stereocenters. The van der Waals surface area contributed by atoms with Gasteiger partial charge in [0.1, 0.15) is 5.58 Å². The quantitative estimate of drug-likeness (QED) is 0.757. The molecule has 0 saturated carbocycles. The van der Waals surface area contributed by atoms with Crippen molar-refractivity contribution in [1.82, 2.24) is 5.32 Å².